The lowest BCUT2D eigenvalue weighted by Gasteiger charge is -2.26. The van der Waals surface area contributed by atoms with E-state index in [2.05, 4.69) is 22.8 Å². The molecule has 2 N–H and O–H groups in total. The number of nitriles is 2. The molecule has 0 bridgehead atoms. The van der Waals surface area contributed by atoms with Crippen molar-refractivity contribution in [1.82, 2.24) is 10.6 Å². The number of carbonyl (C=O) groups excluding carboxylic acids is 2. The Balaban J connectivity index is 1.30. The normalized spacial score (nSPS) is 10.6. The number of nitrogens with one attached hydrogen (secondary N) is 2. The van der Waals surface area contributed by atoms with Gasteiger partial charge in [-0.15, -0.1) is 0 Å². The predicted molar refractivity (Wildman–Crippen MR) is 183 cm³/mol. The first kappa shape index (κ1) is 32.2. The molecular weight excluding hydrogens is 580 g/mol. The number of amides is 2. The largest absolute Gasteiger partial charge is 0.351 e. The molecule has 5 aromatic carbocycles. The minimum Gasteiger partial charge on any atom is -0.351 e. The van der Waals surface area contributed by atoms with Crippen LogP contribution in [0, 0.1) is 28.1 Å². The van der Waals surface area contributed by atoms with E-state index < -0.39 is 11.3 Å². The maximum Gasteiger partial charge on any atom is 0.262 e. The molecule has 6 nitrogen and oxygen atoms in total. The van der Waals surface area contributed by atoms with Gasteiger partial charge in [0.05, 0.1) is 6.07 Å². The van der Waals surface area contributed by atoms with E-state index in [4.69, 9.17) is 0 Å². The fourth-order valence-electron chi connectivity index (χ4n) is 5.60. The molecule has 0 unspecified atom stereocenters. The van der Waals surface area contributed by atoms with Crippen LogP contribution >= 0.6 is 0 Å². The number of rotatable bonds is 12. The second-order valence-electron chi connectivity index (χ2n) is 11.3. The SMILES string of the molecule is N#CC(C(=O)NCc1cccc(CNC(=O)C(C#N)(Cc2ccccc2)Cc2ccccc2)c1)=C(c1ccccc1)c1ccccc1. The molecule has 0 heterocycles. The van der Waals surface area contributed by atoms with Crippen molar-refractivity contribution < 1.29 is 9.59 Å². The van der Waals surface area contributed by atoms with Gasteiger partial charge in [0.2, 0.25) is 5.91 Å². The summed E-state index contributed by atoms with van der Waals surface area (Å²) in [5.41, 5.74) is 4.28. The van der Waals surface area contributed by atoms with Gasteiger partial charge >= 0.3 is 0 Å². The molecule has 0 aliphatic carbocycles. The van der Waals surface area contributed by atoms with E-state index in [0.717, 1.165) is 33.4 Å². The van der Waals surface area contributed by atoms with Gasteiger partial charge < -0.3 is 10.6 Å². The maximum absolute atomic E-state index is 13.8. The standard InChI is InChI=1S/C41H34N4O2/c42-27-37(38(35-20-9-3-10-21-35)36-22-11-4-12-23-36)39(46)44-28-33-18-13-19-34(24-33)29-45-40(47)41(30-43,25-31-14-5-1-6-15-31)26-32-16-7-2-8-17-32/h1-24H,25-26,28-29H2,(H,44,46)(H,45,47). The second kappa shape index (κ2) is 15.7. The van der Waals surface area contributed by atoms with Gasteiger partial charge in [-0.1, -0.05) is 146 Å². The number of carbonyl (C=O) groups is 2. The first-order valence-electron chi connectivity index (χ1n) is 15.4. The average molecular weight is 615 g/mol. The second-order valence-corrected chi connectivity index (χ2v) is 11.3. The van der Waals surface area contributed by atoms with Crippen molar-refractivity contribution in [3.63, 3.8) is 0 Å². The lowest BCUT2D eigenvalue weighted by molar-refractivity contribution is -0.128. The van der Waals surface area contributed by atoms with Crippen molar-refractivity contribution in [1.29, 1.82) is 10.5 Å². The number of nitrogens with zero attached hydrogens (tertiary/aromatic N) is 2. The fourth-order valence-corrected chi connectivity index (χ4v) is 5.60. The summed E-state index contributed by atoms with van der Waals surface area (Å²) in [6.07, 6.45) is 0.555. The molecule has 0 atom stereocenters. The van der Waals surface area contributed by atoms with Gasteiger partial charge in [0, 0.05) is 31.5 Å². The quantitative estimate of drug-likeness (QED) is 0.117. The zero-order chi connectivity index (χ0) is 32.9. The first-order valence-corrected chi connectivity index (χ1v) is 15.4. The van der Waals surface area contributed by atoms with Crippen LogP contribution in [0.4, 0.5) is 0 Å². The molecule has 0 spiro atoms. The monoisotopic (exact) mass is 614 g/mol. The molecule has 5 rings (SSSR count). The highest BCUT2D eigenvalue weighted by molar-refractivity contribution is 6.08. The zero-order valence-corrected chi connectivity index (χ0v) is 25.9. The molecule has 0 fully saturated rings. The minimum atomic E-state index is -1.30. The molecule has 230 valence electrons. The highest BCUT2D eigenvalue weighted by Crippen LogP contribution is 2.29. The Labute approximate surface area is 275 Å². The lowest BCUT2D eigenvalue weighted by Crippen LogP contribution is -2.43. The van der Waals surface area contributed by atoms with E-state index in [0.29, 0.717) is 5.57 Å². The van der Waals surface area contributed by atoms with Crippen molar-refractivity contribution in [2.75, 3.05) is 0 Å². The summed E-state index contributed by atoms with van der Waals surface area (Å²) >= 11 is 0. The Morgan fingerprint density at radius 3 is 1.43 bits per heavy atom. The molecule has 0 aliphatic rings. The summed E-state index contributed by atoms with van der Waals surface area (Å²) < 4.78 is 0. The Kier molecular flexibility index (Phi) is 10.7. The number of hydrogen-bond donors (Lipinski definition) is 2. The average Bonchev–Trinajstić information content (AvgIpc) is 3.13. The van der Waals surface area contributed by atoms with Crippen molar-refractivity contribution in [3.05, 3.63) is 185 Å². The van der Waals surface area contributed by atoms with E-state index in [1.54, 1.807) is 0 Å². The van der Waals surface area contributed by atoms with Crippen LogP contribution in [0.15, 0.2) is 151 Å². The van der Waals surface area contributed by atoms with Crippen LogP contribution in [0.2, 0.25) is 0 Å². The molecule has 0 radical (unpaired) electrons. The van der Waals surface area contributed by atoms with Crippen molar-refractivity contribution in [2.24, 2.45) is 5.41 Å². The predicted octanol–water partition coefficient (Wildman–Crippen LogP) is 6.94. The first-order chi connectivity index (χ1) is 23.0. The van der Waals surface area contributed by atoms with Crippen LogP contribution in [-0.2, 0) is 35.5 Å². The number of hydrogen-bond acceptors (Lipinski definition) is 4. The van der Waals surface area contributed by atoms with Gasteiger partial charge in [-0.25, -0.2) is 0 Å². The van der Waals surface area contributed by atoms with Gasteiger partial charge in [-0.3, -0.25) is 9.59 Å². The summed E-state index contributed by atoms with van der Waals surface area (Å²) in [6.45, 7) is 0.399. The Bertz CT molecular complexity index is 1840. The van der Waals surface area contributed by atoms with Gasteiger partial charge in [-0.05, 0) is 33.4 Å². The maximum atomic E-state index is 13.8. The molecule has 47 heavy (non-hydrogen) atoms. The van der Waals surface area contributed by atoms with Crippen molar-refractivity contribution >= 4 is 17.4 Å². The third kappa shape index (κ3) is 8.28. The van der Waals surface area contributed by atoms with Gasteiger partial charge in [0.1, 0.15) is 17.1 Å². The van der Waals surface area contributed by atoms with Gasteiger partial charge in [0.15, 0.2) is 0 Å². The van der Waals surface area contributed by atoms with Crippen LogP contribution < -0.4 is 10.6 Å². The molecule has 0 aromatic heterocycles. The van der Waals surface area contributed by atoms with E-state index in [9.17, 15) is 20.1 Å². The summed E-state index contributed by atoms with van der Waals surface area (Å²) in [4.78, 5) is 27.2. The van der Waals surface area contributed by atoms with Crippen LogP contribution in [-0.4, -0.2) is 11.8 Å². The summed E-state index contributed by atoms with van der Waals surface area (Å²) in [7, 11) is 0. The smallest absolute Gasteiger partial charge is 0.262 e. The third-order valence-corrected chi connectivity index (χ3v) is 7.96. The Hall–Kier alpha value is -6.24. The highest BCUT2D eigenvalue weighted by Gasteiger charge is 2.39. The molecule has 5 aromatic rings. The van der Waals surface area contributed by atoms with Gasteiger partial charge in [-0.2, -0.15) is 10.5 Å². The lowest BCUT2D eigenvalue weighted by atomic mass is 9.77. The topological polar surface area (TPSA) is 106 Å². The van der Waals surface area contributed by atoms with Crippen molar-refractivity contribution in [2.45, 2.75) is 25.9 Å². The fraction of sp³-hybridized carbons (Fsp3) is 0.122. The Morgan fingerprint density at radius 1 is 0.553 bits per heavy atom. The summed E-state index contributed by atoms with van der Waals surface area (Å²) in [5, 5.41) is 26.4. The molecular formula is C41H34N4O2. The van der Waals surface area contributed by atoms with Crippen LogP contribution in [0.5, 0.6) is 0 Å². The number of benzene rings is 5. The molecule has 0 aliphatic heterocycles. The van der Waals surface area contributed by atoms with E-state index >= 15 is 0 Å². The van der Waals surface area contributed by atoms with Crippen LogP contribution in [0.1, 0.15) is 33.4 Å². The molecule has 2 amide bonds. The summed E-state index contributed by atoms with van der Waals surface area (Å²) in [6, 6.07) is 49.9. The highest BCUT2D eigenvalue weighted by atomic mass is 16.2. The molecule has 0 saturated heterocycles. The summed E-state index contributed by atoms with van der Waals surface area (Å²) in [5.74, 6) is -0.820. The van der Waals surface area contributed by atoms with E-state index in [1.807, 2.05) is 146 Å². The minimum absolute atomic E-state index is 0.0236. The molecule has 6 heteroatoms. The van der Waals surface area contributed by atoms with Crippen LogP contribution in [0.25, 0.3) is 5.57 Å². The van der Waals surface area contributed by atoms with Crippen molar-refractivity contribution in [3.8, 4) is 12.1 Å². The van der Waals surface area contributed by atoms with Crippen LogP contribution in [0.3, 0.4) is 0 Å². The van der Waals surface area contributed by atoms with Gasteiger partial charge in [0.25, 0.3) is 5.91 Å². The third-order valence-electron chi connectivity index (χ3n) is 7.96. The van der Waals surface area contributed by atoms with E-state index in [1.165, 1.54) is 0 Å². The van der Waals surface area contributed by atoms with E-state index in [-0.39, 0.29) is 37.4 Å². The zero-order valence-electron chi connectivity index (χ0n) is 25.9. The molecule has 0 saturated carbocycles. The Morgan fingerprint density at radius 2 is 0.979 bits per heavy atom.